The number of nitrogens with zero attached hydrogens (tertiary/aromatic N) is 6. The molecule has 2 N–H and O–H groups in total. The maximum atomic E-state index is 14.6. The zero-order valence-corrected chi connectivity index (χ0v) is 30.3. The van der Waals surface area contributed by atoms with Crippen molar-refractivity contribution in [1.82, 2.24) is 39.9 Å². The van der Waals surface area contributed by atoms with Crippen LogP contribution in [0.3, 0.4) is 0 Å². The molecular weight excluding hydrogens is 713 g/mol. The molecule has 0 bridgehead atoms. The number of carbonyl (C=O) groups is 4. The number of rotatable bonds is 7. The van der Waals surface area contributed by atoms with Crippen molar-refractivity contribution in [3.05, 3.63) is 73.2 Å². The first-order valence-electron chi connectivity index (χ1n) is 18.4. The molecule has 2 aliphatic carbocycles. The molecule has 16 heteroatoms. The third kappa shape index (κ3) is 7.13. The van der Waals surface area contributed by atoms with E-state index in [9.17, 15) is 27.6 Å². The van der Waals surface area contributed by atoms with E-state index in [4.69, 9.17) is 4.74 Å². The third-order valence-electron chi connectivity index (χ3n) is 10.9. The minimum Gasteiger partial charge on any atom is -0.472 e. The highest BCUT2D eigenvalue weighted by molar-refractivity contribution is 7.90. The van der Waals surface area contributed by atoms with Crippen LogP contribution in [-0.4, -0.2) is 91.7 Å². The first-order valence-corrected chi connectivity index (χ1v) is 20.0. The highest BCUT2D eigenvalue weighted by Crippen LogP contribution is 2.57. The van der Waals surface area contributed by atoms with Crippen LogP contribution in [-0.2, 0) is 24.4 Å². The Morgan fingerprint density at radius 2 is 1.78 bits per heavy atom. The number of ether oxygens (including phenoxy) is 1. The second-order valence-electron chi connectivity index (χ2n) is 14.7. The lowest BCUT2D eigenvalue weighted by Gasteiger charge is -2.29. The molecule has 0 spiro atoms. The van der Waals surface area contributed by atoms with Crippen LogP contribution in [0.25, 0.3) is 21.8 Å². The quantitative estimate of drug-likeness (QED) is 0.206. The van der Waals surface area contributed by atoms with E-state index in [0.717, 1.165) is 23.6 Å². The highest BCUT2D eigenvalue weighted by Gasteiger charge is 2.61. The molecule has 54 heavy (non-hydrogen) atoms. The predicted molar refractivity (Wildman–Crippen MR) is 195 cm³/mol. The number of benzene rings is 1. The van der Waals surface area contributed by atoms with E-state index in [1.165, 1.54) is 29.8 Å². The number of Topliss-reactive ketones (excluding diaryl/α,β-unsaturated/α-hetero) is 1. The van der Waals surface area contributed by atoms with Crippen molar-refractivity contribution in [3.63, 3.8) is 0 Å². The number of carbonyl (C=O) groups excluding carboxylic acids is 4. The number of fused-ring (bicyclic) bond motifs is 5. The molecule has 2 aliphatic heterocycles. The summed E-state index contributed by atoms with van der Waals surface area (Å²) in [4.78, 5) is 78.9. The lowest BCUT2D eigenvalue weighted by atomic mass is 9.91. The number of hydrogen-bond acceptors (Lipinski definition) is 12. The maximum absolute atomic E-state index is 14.6. The summed E-state index contributed by atoms with van der Waals surface area (Å²) in [6.07, 6.45) is 14.8. The van der Waals surface area contributed by atoms with Crippen LogP contribution >= 0.6 is 0 Å². The Morgan fingerprint density at radius 3 is 2.57 bits per heavy atom. The van der Waals surface area contributed by atoms with Gasteiger partial charge in [-0.15, -0.1) is 0 Å². The van der Waals surface area contributed by atoms with Crippen LogP contribution in [0, 0.1) is 11.3 Å². The average Bonchev–Trinajstić information content (AvgIpc) is 4.11. The second-order valence-corrected chi connectivity index (χ2v) is 16.6. The summed E-state index contributed by atoms with van der Waals surface area (Å²) in [5, 5.41) is 4.51. The zero-order valence-electron chi connectivity index (χ0n) is 29.5. The number of amides is 3. The fourth-order valence-electron chi connectivity index (χ4n) is 7.75. The Balaban J connectivity index is 1.12. The Hall–Kier alpha value is -5.38. The molecule has 0 radical (unpaired) electrons. The van der Waals surface area contributed by atoms with Gasteiger partial charge >= 0.3 is 0 Å². The number of pyridine rings is 1. The number of hydrogen-bond donors (Lipinski definition) is 2. The molecule has 1 aromatic carbocycles. The van der Waals surface area contributed by atoms with Gasteiger partial charge < -0.3 is 15.0 Å². The fraction of sp³-hybridized carbons (Fsp3) is 0.447. The Kier molecular flexibility index (Phi) is 9.54. The van der Waals surface area contributed by atoms with Crippen LogP contribution in [0.4, 0.5) is 0 Å². The van der Waals surface area contributed by atoms with Crippen LogP contribution in [0.2, 0.25) is 0 Å². The number of ketones is 1. The first kappa shape index (κ1) is 35.6. The Bertz CT molecular complexity index is 2270. The minimum atomic E-state index is -3.86. The smallest absolute Gasteiger partial charge is 0.272 e. The van der Waals surface area contributed by atoms with E-state index in [-0.39, 0.29) is 42.7 Å². The predicted octanol–water partition coefficient (Wildman–Crippen LogP) is 3.21. The van der Waals surface area contributed by atoms with E-state index in [0.29, 0.717) is 49.6 Å². The van der Waals surface area contributed by atoms with Crippen LogP contribution in [0.1, 0.15) is 74.7 Å². The highest BCUT2D eigenvalue weighted by atomic mass is 32.2. The summed E-state index contributed by atoms with van der Waals surface area (Å²) in [5.41, 5.74) is -0.792. The van der Waals surface area contributed by atoms with Gasteiger partial charge in [-0.1, -0.05) is 43.2 Å². The summed E-state index contributed by atoms with van der Waals surface area (Å²) in [6.45, 7) is 0.00313. The van der Waals surface area contributed by atoms with E-state index in [1.807, 2.05) is 36.4 Å². The average molecular weight is 753 g/mol. The van der Waals surface area contributed by atoms with E-state index in [2.05, 4.69) is 35.0 Å². The summed E-state index contributed by atoms with van der Waals surface area (Å²) in [5.74, 6) is -2.15. The fourth-order valence-corrected chi connectivity index (χ4v) is 9.13. The lowest BCUT2D eigenvalue weighted by molar-refractivity contribution is -0.140. The van der Waals surface area contributed by atoms with E-state index in [1.54, 1.807) is 6.20 Å². The van der Waals surface area contributed by atoms with Gasteiger partial charge in [-0.2, -0.15) is 4.98 Å². The molecule has 8 rings (SSSR count). The standard InChI is InChI=1S/C38H40N8O7S/c47-32-18-38(37(50)45-54(51,52)25-12-13-25)17-23(38)8-4-2-1-3-5-11-29(43-34(48)30-20-39-14-15-41-30)36(49)46-21-24(16-31(32)46)53-35-27-10-7-6-9-26(27)28-19-40-22-42-33(28)44-35/h4,6-10,14-15,19-20,22-25,29,31H,1-3,5,11-13,16-18,21H2,(H,43,48)(H,45,50)/b8-4-/t23-,24-,29+,31+,38-/m1/s1. The first-order chi connectivity index (χ1) is 26.1. The van der Waals surface area contributed by atoms with Crippen molar-refractivity contribution in [2.24, 2.45) is 11.3 Å². The van der Waals surface area contributed by atoms with Gasteiger partial charge in [0.25, 0.3) is 5.91 Å². The summed E-state index contributed by atoms with van der Waals surface area (Å²) < 4.78 is 34.6. The van der Waals surface area contributed by atoms with Gasteiger partial charge in [0.2, 0.25) is 27.7 Å². The van der Waals surface area contributed by atoms with Crippen molar-refractivity contribution in [3.8, 4) is 5.88 Å². The van der Waals surface area contributed by atoms with Crippen LogP contribution in [0.15, 0.2) is 67.5 Å². The molecule has 0 unspecified atom stereocenters. The van der Waals surface area contributed by atoms with Gasteiger partial charge in [0.1, 0.15) is 24.2 Å². The lowest BCUT2D eigenvalue weighted by Crippen LogP contribution is -2.52. The molecule has 3 amide bonds. The van der Waals surface area contributed by atoms with Crippen molar-refractivity contribution in [2.45, 2.75) is 87.6 Å². The molecule has 4 aliphatic rings. The molecule has 1 saturated heterocycles. The Labute approximate surface area is 311 Å². The minimum absolute atomic E-state index is 0.00313. The normalized spacial score (nSPS) is 26.9. The van der Waals surface area contributed by atoms with Crippen molar-refractivity contribution in [2.75, 3.05) is 6.54 Å². The van der Waals surface area contributed by atoms with Crippen LogP contribution < -0.4 is 14.8 Å². The molecule has 280 valence electrons. The molecule has 5 heterocycles. The van der Waals surface area contributed by atoms with Gasteiger partial charge in [-0.25, -0.2) is 23.4 Å². The monoisotopic (exact) mass is 752 g/mol. The molecule has 15 nitrogen and oxygen atoms in total. The topological polar surface area (TPSA) is 203 Å². The van der Waals surface area contributed by atoms with Crippen molar-refractivity contribution < 1.29 is 32.3 Å². The van der Waals surface area contributed by atoms with Gasteiger partial charge in [-0.05, 0) is 55.9 Å². The largest absolute Gasteiger partial charge is 0.472 e. The van der Waals surface area contributed by atoms with Gasteiger partial charge in [0.05, 0.1) is 29.4 Å². The van der Waals surface area contributed by atoms with Crippen molar-refractivity contribution >= 4 is 55.3 Å². The molecule has 4 aromatic rings. The number of allylic oxidation sites excluding steroid dienone is 2. The number of aromatic nitrogens is 5. The summed E-state index contributed by atoms with van der Waals surface area (Å²) in [7, 11) is -3.86. The van der Waals surface area contributed by atoms with Crippen molar-refractivity contribution in [1.29, 1.82) is 0 Å². The van der Waals surface area contributed by atoms with Crippen LogP contribution in [0.5, 0.6) is 5.88 Å². The molecule has 5 atom stereocenters. The Morgan fingerprint density at radius 1 is 0.944 bits per heavy atom. The summed E-state index contributed by atoms with van der Waals surface area (Å²) in [6, 6.07) is 5.52. The van der Waals surface area contributed by atoms with Gasteiger partial charge in [-0.3, -0.25) is 28.9 Å². The maximum Gasteiger partial charge on any atom is 0.272 e. The summed E-state index contributed by atoms with van der Waals surface area (Å²) >= 11 is 0. The molecule has 2 saturated carbocycles. The van der Waals surface area contributed by atoms with Gasteiger partial charge in [0.15, 0.2) is 11.4 Å². The number of sulfonamides is 1. The molecule has 3 fully saturated rings. The molecule has 3 aromatic heterocycles. The SMILES string of the molecule is O=C(N[C@H]1CCCCC/C=C\[C@@H]2C[C@@]2(C(=O)NS(=O)(=O)C2CC2)CC(=O)[C@@H]2C[C@@H](Oc3nc4ncncc4c4ccccc34)CN2C1=O)c1cnccn1. The van der Waals surface area contributed by atoms with Gasteiger partial charge in [0, 0.05) is 42.2 Å². The zero-order chi connectivity index (χ0) is 37.5. The number of nitrogens with one attached hydrogen (secondary N) is 2. The van der Waals surface area contributed by atoms with E-state index < -0.39 is 56.6 Å². The van der Waals surface area contributed by atoms with E-state index >= 15 is 0 Å². The molecular formula is C38H40N8O7S. The third-order valence-corrected chi connectivity index (χ3v) is 12.8. The second kappa shape index (κ2) is 14.5.